The molecular weight excluding hydrogens is 266 g/mol. The maximum Gasteiger partial charge on any atom is 0.0460 e. The van der Waals surface area contributed by atoms with Crippen molar-refractivity contribution in [3.8, 4) is 0 Å². The number of aromatic amines is 1. The van der Waals surface area contributed by atoms with Crippen molar-refractivity contribution in [1.82, 2.24) is 4.98 Å². The first-order valence-electron chi connectivity index (χ1n) is 8.07. The molecule has 0 fully saturated rings. The van der Waals surface area contributed by atoms with Crippen molar-refractivity contribution in [1.29, 1.82) is 0 Å². The second kappa shape index (κ2) is 6.22. The highest BCUT2D eigenvalue weighted by molar-refractivity contribution is 6.31. The molecule has 2 heteroatoms. The van der Waals surface area contributed by atoms with Gasteiger partial charge in [0.15, 0.2) is 0 Å². The Balaban J connectivity index is 1.73. The van der Waals surface area contributed by atoms with Crippen LogP contribution in [0.1, 0.15) is 56.7 Å². The first-order valence-corrected chi connectivity index (χ1v) is 8.44. The molecule has 108 valence electrons. The van der Waals surface area contributed by atoms with E-state index in [1.54, 1.807) is 0 Å². The van der Waals surface area contributed by atoms with Gasteiger partial charge in [0.2, 0.25) is 0 Å². The van der Waals surface area contributed by atoms with Gasteiger partial charge in [-0.05, 0) is 48.9 Å². The van der Waals surface area contributed by atoms with Crippen molar-refractivity contribution in [2.24, 2.45) is 5.92 Å². The van der Waals surface area contributed by atoms with Crippen molar-refractivity contribution >= 4 is 22.5 Å². The minimum Gasteiger partial charge on any atom is -0.358 e. The minimum atomic E-state index is 0.851. The molecule has 1 aliphatic rings. The molecule has 2 aromatic rings. The fraction of sp³-hybridized carbons (Fsp3) is 0.556. The van der Waals surface area contributed by atoms with Crippen LogP contribution in [0, 0.1) is 5.92 Å². The highest BCUT2D eigenvalue weighted by Gasteiger charge is 2.22. The Labute approximate surface area is 126 Å². The Hall–Kier alpha value is -0.950. The Morgan fingerprint density at radius 3 is 3.00 bits per heavy atom. The maximum absolute atomic E-state index is 6.16. The summed E-state index contributed by atoms with van der Waals surface area (Å²) in [6.07, 6.45) is 10.7. The predicted molar refractivity (Wildman–Crippen MR) is 87.6 cm³/mol. The first-order chi connectivity index (χ1) is 9.78. The van der Waals surface area contributed by atoms with E-state index in [-0.39, 0.29) is 0 Å². The molecule has 0 saturated heterocycles. The normalized spacial score (nSPS) is 18.4. The van der Waals surface area contributed by atoms with E-state index in [1.807, 2.05) is 6.07 Å². The number of H-pyrrole nitrogens is 1. The number of nitrogens with one attached hydrogen (secondary N) is 1. The smallest absolute Gasteiger partial charge is 0.0460 e. The van der Waals surface area contributed by atoms with E-state index in [1.165, 1.54) is 73.5 Å². The SMILES string of the molecule is CCCCCCC1CCc2[nH]c3ccc(Cl)cc3c2C1. The van der Waals surface area contributed by atoms with Gasteiger partial charge in [0.1, 0.15) is 0 Å². The minimum absolute atomic E-state index is 0.851. The van der Waals surface area contributed by atoms with Gasteiger partial charge in [-0.15, -0.1) is 0 Å². The van der Waals surface area contributed by atoms with Gasteiger partial charge in [0, 0.05) is 21.6 Å². The molecule has 1 aromatic carbocycles. The quantitative estimate of drug-likeness (QED) is 0.660. The van der Waals surface area contributed by atoms with Crippen molar-refractivity contribution in [3.63, 3.8) is 0 Å². The lowest BCUT2D eigenvalue weighted by molar-refractivity contribution is 0.405. The average Bonchev–Trinajstić information content (AvgIpc) is 2.81. The topological polar surface area (TPSA) is 15.8 Å². The maximum atomic E-state index is 6.16. The summed E-state index contributed by atoms with van der Waals surface area (Å²) in [5.74, 6) is 0.873. The Morgan fingerprint density at radius 2 is 2.15 bits per heavy atom. The summed E-state index contributed by atoms with van der Waals surface area (Å²) in [4.78, 5) is 3.58. The summed E-state index contributed by atoms with van der Waals surface area (Å²) in [5, 5.41) is 2.20. The number of aromatic nitrogens is 1. The third kappa shape index (κ3) is 2.88. The van der Waals surface area contributed by atoms with Crippen LogP contribution >= 0.6 is 11.6 Å². The van der Waals surface area contributed by atoms with Crippen LogP contribution in [-0.2, 0) is 12.8 Å². The van der Waals surface area contributed by atoms with Crippen LogP contribution in [0.25, 0.3) is 10.9 Å². The van der Waals surface area contributed by atoms with Crippen LogP contribution in [0.3, 0.4) is 0 Å². The molecule has 0 spiro atoms. The Kier molecular flexibility index (Phi) is 4.35. The fourth-order valence-electron chi connectivity index (χ4n) is 3.57. The van der Waals surface area contributed by atoms with E-state index in [4.69, 9.17) is 11.6 Å². The molecule has 1 heterocycles. The summed E-state index contributed by atoms with van der Waals surface area (Å²) >= 11 is 6.16. The Morgan fingerprint density at radius 1 is 1.25 bits per heavy atom. The molecule has 0 bridgehead atoms. The van der Waals surface area contributed by atoms with Crippen LogP contribution < -0.4 is 0 Å². The molecule has 0 radical (unpaired) electrons. The summed E-state index contributed by atoms with van der Waals surface area (Å²) in [5.41, 5.74) is 4.24. The number of aryl methyl sites for hydroxylation is 1. The zero-order chi connectivity index (χ0) is 13.9. The first kappa shape index (κ1) is 14.0. The van der Waals surface area contributed by atoms with Gasteiger partial charge < -0.3 is 4.98 Å². The van der Waals surface area contributed by atoms with Gasteiger partial charge >= 0.3 is 0 Å². The van der Waals surface area contributed by atoms with E-state index < -0.39 is 0 Å². The molecule has 1 nitrogen and oxygen atoms in total. The van der Waals surface area contributed by atoms with Crippen LogP contribution in [0.15, 0.2) is 18.2 Å². The summed E-state index contributed by atoms with van der Waals surface area (Å²) in [6.45, 7) is 2.28. The second-order valence-electron chi connectivity index (χ2n) is 6.23. The van der Waals surface area contributed by atoms with Crippen LogP contribution in [0.5, 0.6) is 0 Å². The number of rotatable bonds is 5. The monoisotopic (exact) mass is 289 g/mol. The molecule has 1 atom stereocenters. The number of benzene rings is 1. The van der Waals surface area contributed by atoms with Crippen LogP contribution in [0.2, 0.25) is 5.02 Å². The van der Waals surface area contributed by atoms with E-state index in [0.717, 1.165) is 10.9 Å². The molecule has 1 aliphatic carbocycles. The third-order valence-electron chi connectivity index (χ3n) is 4.72. The number of hydrogen-bond acceptors (Lipinski definition) is 0. The highest BCUT2D eigenvalue weighted by Crippen LogP contribution is 2.34. The molecule has 1 unspecified atom stereocenters. The largest absolute Gasteiger partial charge is 0.358 e. The molecular formula is C18H24ClN. The summed E-state index contributed by atoms with van der Waals surface area (Å²) < 4.78 is 0. The lowest BCUT2D eigenvalue weighted by Crippen LogP contribution is -2.13. The summed E-state index contributed by atoms with van der Waals surface area (Å²) in [7, 11) is 0. The molecule has 1 aromatic heterocycles. The second-order valence-corrected chi connectivity index (χ2v) is 6.67. The lowest BCUT2D eigenvalue weighted by Gasteiger charge is -2.22. The number of unbranched alkanes of at least 4 members (excludes halogenated alkanes) is 3. The molecule has 3 rings (SSSR count). The van der Waals surface area contributed by atoms with Crippen LogP contribution in [0.4, 0.5) is 0 Å². The van der Waals surface area contributed by atoms with Crippen molar-refractivity contribution in [3.05, 3.63) is 34.5 Å². The standard InChI is InChI=1S/C18H24ClN/c1-2-3-4-5-6-13-7-9-17-15(11-13)16-12-14(19)8-10-18(16)20-17/h8,10,12-13,20H,2-7,9,11H2,1H3. The summed E-state index contributed by atoms with van der Waals surface area (Å²) in [6, 6.07) is 6.23. The van der Waals surface area contributed by atoms with Crippen LogP contribution in [-0.4, -0.2) is 4.98 Å². The Bertz CT molecular complexity index is 584. The fourth-order valence-corrected chi connectivity index (χ4v) is 3.74. The zero-order valence-corrected chi connectivity index (χ0v) is 13.1. The highest BCUT2D eigenvalue weighted by atomic mass is 35.5. The van der Waals surface area contributed by atoms with Gasteiger partial charge in [-0.25, -0.2) is 0 Å². The van der Waals surface area contributed by atoms with Crippen molar-refractivity contribution < 1.29 is 0 Å². The van der Waals surface area contributed by atoms with Gasteiger partial charge in [-0.3, -0.25) is 0 Å². The van der Waals surface area contributed by atoms with Crippen molar-refractivity contribution in [2.45, 2.75) is 58.3 Å². The molecule has 20 heavy (non-hydrogen) atoms. The van der Waals surface area contributed by atoms with Gasteiger partial charge in [-0.1, -0.05) is 50.6 Å². The lowest BCUT2D eigenvalue weighted by atomic mass is 9.83. The zero-order valence-electron chi connectivity index (χ0n) is 12.3. The number of halogens is 1. The van der Waals surface area contributed by atoms with E-state index in [0.29, 0.717) is 0 Å². The van der Waals surface area contributed by atoms with E-state index >= 15 is 0 Å². The van der Waals surface area contributed by atoms with Gasteiger partial charge in [0.05, 0.1) is 0 Å². The van der Waals surface area contributed by atoms with E-state index in [2.05, 4.69) is 24.0 Å². The molecule has 0 aliphatic heterocycles. The van der Waals surface area contributed by atoms with E-state index in [9.17, 15) is 0 Å². The molecule has 1 N–H and O–H groups in total. The number of fused-ring (bicyclic) bond motifs is 3. The van der Waals surface area contributed by atoms with Crippen molar-refractivity contribution in [2.75, 3.05) is 0 Å². The predicted octanol–water partition coefficient (Wildman–Crippen LogP) is 5.90. The molecule has 0 saturated carbocycles. The van der Waals surface area contributed by atoms with Gasteiger partial charge in [0.25, 0.3) is 0 Å². The van der Waals surface area contributed by atoms with Gasteiger partial charge in [-0.2, -0.15) is 0 Å². The molecule has 0 amide bonds. The third-order valence-corrected chi connectivity index (χ3v) is 4.95. The number of hydrogen-bond donors (Lipinski definition) is 1. The average molecular weight is 290 g/mol.